The molecule has 144 valence electrons. The lowest BCUT2D eigenvalue weighted by Crippen LogP contribution is -2.03. The molecule has 0 aliphatic carbocycles. The van der Waals surface area contributed by atoms with Crippen molar-refractivity contribution in [1.29, 1.82) is 5.26 Å². The van der Waals surface area contributed by atoms with Gasteiger partial charge >= 0.3 is 0 Å². The monoisotopic (exact) mass is 367 g/mol. The molecule has 0 amide bonds. The molecule has 7 heteroatoms. The van der Waals surface area contributed by atoms with Crippen LogP contribution >= 0.6 is 0 Å². The fourth-order valence-electron chi connectivity index (χ4n) is 2.00. The van der Waals surface area contributed by atoms with Gasteiger partial charge in [0.2, 0.25) is 0 Å². The molecular weight excluding hydrogens is 338 g/mol. The summed E-state index contributed by atoms with van der Waals surface area (Å²) in [6.45, 7) is 9.92. The Morgan fingerprint density at radius 2 is 2.00 bits per heavy atom. The molecule has 0 unspecified atom stereocenters. The van der Waals surface area contributed by atoms with E-state index in [-0.39, 0.29) is 0 Å². The molecule has 2 N–H and O–H groups in total. The molecule has 0 fully saturated rings. The Hall–Kier alpha value is -3.40. The average molecular weight is 368 g/mol. The lowest BCUT2D eigenvalue weighted by Gasteiger charge is -2.02. The number of aromatic nitrogens is 4. The Kier molecular flexibility index (Phi) is 12.1. The van der Waals surface area contributed by atoms with Gasteiger partial charge < -0.3 is 14.9 Å². The molecule has 2 heterocycles. The van der Waals surface area contributed by atoms with Crippen LogP contribution in [-0.2, 0) is 13.6 Å². The standard InChI is InChI=1S/C13H11N5.C3H6.C2H6N2.C2H6/c1-17-12-3-2-10(7-14)6-11(12)16-13(17)8-18-5-4-15-9-18;1-3-2;1-4-2-3;1-2/h2-6,9H,8H2,1H3;3H,1H2,2H3;2H,1H3,(H2,3,4);1-2H3. The van der Waals surface area contributed by atoms with Gasteiger partial charge in [0.1, 0.15) is 5.82 Å². The molecule has 1 aromatic carbocycles. The van der Waals surface area contributed by atoms with Gasteiger partial charge in [0, 0.05) is 26.5 Å². The highest BCUT2D eigenvalue weighted by Gasteiger charge is 2.08. The van der Waals surface area contributed by atoms with Crippen molar-refractivity contribution in [2.75, 3.05) is 7.05 Å². The van der Waals surface area contributed by atoms with Crippen LogP contribution < -0.4 is 5.73 Å². The predicted octanol–water partition coefficient (Wildman–Crippen LogP) is 3.51. The van der Waals surface area contributed by atoms with Crippen molar-refractivity contribution in [3.8, 4) is 6.07 Å². The van der Waals surface area contributed by atoms with Crippen molar-refractivity contribution < 1.29 is 0 Å². The third kappa shape index (κ3) is 7.57. The predicted molar refractivity (Wildman–Crippen MR) is 113 cm³/mol. The number of aryl methyl sites for hydroxylation is 1. The van der Waals surface area contributed by atoms with Crippen molar-refractivity contribution in [2.45, 2.75) is 27.3 Å². The minimum atomic E-state index is 0.634. The molecule has 0 atom stereocenters. The molecular formula is C20H29N7. The third-order valence-corrected chi connectivity index (χ3v) is 3.13. The van der Waals surface area contributed by atoms with Crippen molar-refractivity contribution in [1.82, 2.24) is 19.1 Å². The van der Waals surface area contributed by atoms with Gasteiger partial charge in [-0.25, -0.2) is 9.97 Å². The van der Waals surface area contributed by atoms with Gasteiger partial charge in [0.05, 0.1) is 41.9 Å². The molecule has 27 heavy (non-hydrogen) atoms. The first-order valence-electron chi connectivity index (χ1n) is 8.61. The van der Waals surface area contributed by atoms with Crippen molar-refractivity contribution in [3.63, 3.8) is 0 Å². The van der Waals surface area contributed by atoms with Crippen molar-refractivity contribution >= 4 is 17.4 Å². The van der Waals surface area contributed by atoms with Crippen LogP contribution in [0.3, 0.4) is 0 Å². The quantitative estimate of drug-likeness (QED) is 0.426. The summed E-state index contributed by atoms with van der Waals surface area (Å²) in [7, 11) is 3.60. The second kappa shape index (κ2) is 13.8. The van der Waals surface area contributed by atoms with E-state index >= 15 is 0 Å². The first-order chi connectivity index (χ1) is 13.1. The zero-order chi connectivity index (χ0) is 20.7. The molecule has 7 nitrogen and oxygen atoms in total. The molecule has 3 rings (SSSR count). The molecule has 0 bridgehead atoms. The largest absolute Gasteiger partial charge is 0.390 e. The average Bonchev–Trinajstić information content (AvgIpc) is 3.32. The highest BCUT2D eigenvalue weighted by Crippen LogP contribution is 2.17. The number of imidazole rings is 2. The van der Waals surface area contributed by atoms with Gasteiger partial charge in [-0.05, 0) is 25.1 Å². The Labute approximate surface area is 161 Å². The Morgan fingerprint density at radius 3 is 2.48 bits per heavy atom. The minimum Gasteiger partial charge on any atom is -0.390 e. The summed E-state index contributed by atoms with van der Waals surface area (Å²) >= 11 is 0. The van der Waals surface area contributed by atoms with Crippen LogP contribution in [0, 0.1) is 11.3 Å². The molecule has 0 spiro atoms. The number of fused-ring (bicyclic) bond motifs is 1. The minimum absolute atomic E-state index is 0.634. The fourth-order valence-corrected chi connectivity index (χ4v) is 2.00. The maximum absolute atomic E-state index is 8.88. The number of nitrogens with two attached hydrogens (primary N) is 1. The number of aliphatic imine (C=N–C) groups is 1. The highest BCUT2D eigenvalue weighted by molar-refractivity contribution is 5.77. The summed E-state index contributed by atoms with van der Waals surface area (Å²) in [4.78, 5) is 12.0. The summed E-state index contributed by atoms with van der Waals surface area (Å²) < 4.78 is 4.00. The van der Waals surface area contributed by atoms with Gasteiger partial charge in [0.25, 0.3) is 0 Å². The zero-order valence-electron chi connectivity index (χ0n) is 16.8. The maximum Gasteiger partial charge on any atom is 0.129 e. The Morgan fingerprint density at radius 1 is 1.37 bits per heavy atom. The number of hydrogen-bond acceptors (Lipinski definition) is 4. The van der Waals surface area contributed by atoms with Crippen LogP contribution in [0.2, 0.25) is 0 Å². The number of hydrogen-bond donors (Lipinski definition) is 1. The van der Waals surface area contributed by atoms with Gasteiger partial charge in [-0.1, -0.05) is 19.9 Å². The van der Waals surface area contributed by atoms with Gasteiger partial charge in [-0.2, -0.15) is 5.26 Å². The van der Waals surface area contributed by atoms with E-state index in [1.807, 2.05) is 61.3 Å². The van der Waals surface area contributed by atoms with Crippen molar-refractivity contribution in [2.24, 2.45) is 17.8 Å². The number of rotatable bonds is 2. The Bertz CT molecular complexity index is 848. The molecule has 3 aromatic rings. The van der Waals surface area contributed by atoms with Gasteiger partial charge in [0.15, 0.2) is 0 Å². The van der Waals surface area contributed by atoms with E-state index in [1.54, 1.807) is 25.6 Å². The summed E-state index contributed by atoms with van der Waals surface area (Å²) in [5.41, 5.74) is 7.26. The van der Waals surface area contributed by atoms with Crippen LogP contribution in [0.25, 0.3) is 11.0 Å². The van der Waals surface area contributed by atoms with E-state index in [1.165, 1.54) is 6.34 Å². The number of benzene rings is 1. The first kappa shape index (κ1) is 23.6. The van der Waals surface area contributed by atoms with Crippen LogP contribution in [0.5, 0.6) is 0 Å². The molecule has 2 aromatic heterocycles. The highest BCUT2D eigenvalue weighted by atomic mass is 15.1. The fraction of sp³-hybridized carbons (Fsp3) is 0.300. The summed E-state index contributed by atoms with van der Waals surface area (Å²) in [5, 5.41) is 8.88. The second-order valence-corrected chi connectivity index (χ2v) is 4.95. The van der Waals surface area contributed by atoms with E-state index in [9.17, 15) is 0 Å². The molecule has 0 radical (unpaired) electrons. The SMILES string of the molecule is C=CC.CC.CN=CN.Cn1c(Cn2ccnc2)nc2cc(C#N)ccc21. The normalized spacial score (nSPS) is 9.19. The van der Waals surface area contributed by atoms with E-state index in [4.69, 9.17) is 11.0 Å². The van der Waals surface area contributed by atoms with Crippen LogP contribution in [0.15, 0.2) is 54.6 Å². The number of nitriles is 1. The van der Waals surface area contributed by atoms with Gasteiger partial charge in [-0.15, -0.1) is 6.58 Å². The van der Waals surface area contributed by atoms with E-state index in [2.05, 4.69) is 27.6 Å². The van der Waals surface area contributed by atoms with Crippen molar-refractivity contribution in [3.05, 3.63) is 61.0 Å². The number of allylic oxidation sites excluding steroid dienone is 1. The number of nitrogens with zero attached hydrogens (tertiary/aromatic N) is 6. The van der Waals surface area contributed by atoms with Crippen LogP contribution in [0.1, 0.15) is 32.2 Å². The van der Waals surface area contributed by atoms with E-state index in [0.29, 0.717) is 12.1 Å². The maximum atomic E-state index is 8.88. The summed E-state index contributed by atoms with van der Waals surface area (Å²) in [6, 6.07) is 7.68. The van der Waals surface area contributed by atoms with Crippen LogP contribution in [0.4, 0.5) is 0 Å². The smallest absolute Gasteiger partial charge is 0.129 e. The lowest BCUT2D eigenvalue weighted by molar-refractivity contribution is 0.707. The molecule has 0 saturated carbocycles. The van der Waals surface area contributed by atoms with Gasteiger partial charge in [-0.3, -0.25) is 4.99 Å². The molecule has 0 aliphatic heterocycles. The van der Waals surface area contributed by atoms with E-state index < -0.39 is 0 Å². The third-order valence-electron chi connectivity index (χ3n) is 3.13. The zero-order valence-corrected chi connectivity index (χ0v) is 16.8. The van der Waals surface area contributed by atoms with E-state index in [0.717, 1.165) is 16.9 Å². The molecule has 0 saturated heterocycles. The second-order valence-electron chi connectivity index (χ2n) is 4.95. The Balaban J connectivity index is 0.000000644. The first-order valence-corrected chi connectivity index (χ1v) is 8.61. The molecule has 0 aliphatic rings. The topological polar surface area (TPSA) is 97.8 Å². The summed E-state index contributed by atoms with van der Waals surface area (Å²) in [5.74, 6) is 0.943. The summed E-state index contributed by atoms with van der Waals surface area (Å²) in [6.07, 6.45) is 8.41. The van der Waals surface area contributed by atoms with Crippen LogP contribution in [-0.4, -0.2) is 32.5 Å². The lowest BCUT2D eigenvalue weighted by atomic mass is 10.2.